The number of aryl methyl sites for hydroxylation is 1. The molecule has 4 rings (SSSR count). The predicted molar refractivity (Wildman–Crippen MR) is 105 cm³/mol. The lowest BCUT2D eigenvalue weighted by atomic mass is 9.90. The third-order valence-electron chi connectivity index (χ3n) is 4.98. The molecule has 2 amide bonds. The van der Waals surface area contributed by atoms with Crippen LogP contribution in [0.25, 0.3) is 11.0 Å². The largest absolute Gasteiger partial charge is 0.387 e. The van der Waals surface area contributed by atoms with Crippen LogP contribution in [0.3, 0.4) is 0 Å². The third-order valence-corrected chi connectivity index (χ3v) is 6.46. The van der Waals surface area contributed by atoms with Gasteiger partial charge in [-0.3, -0.25) is 0 Å². The Morgan fingerprint density at radius 1 is 1.31 bits per heavy atom. The lowest BCUT2D eigenvalue weighted by Crippen LogP contribution is -2.42. The number of carbonyl (C=O) groups is 1. The lowest BCUT2D eigenvalue weighted by Gasteiger charge is -2.34. The van der Waals surface area contributed by atoms with Crippen molar-refractivity contribution in [3.63, 3.8) is 0 Å². The van der Waals surface area contributed by atoms with Gasteiger partial charge < -0.3 is 15.3 Å². The highest BCUT2D eigenvalue weighted by Crippen LogP contribution is 2.33. The Bertz CT molecular complexity index is 901. The molecule has 1 aromatic carbocycles. The Morgan fingerprint density at radius 3 is 2.85 bits per heavy atom. The summed E-state index contributed by atoms with van der Waals surface area (Å²) in [5.74, 6) is 0.200. The number of nitrogens with one attached hydrogen (secondary N) is 1. The lowest BCUT2D eigenvalue weighted by molar-refractivity contribution is 0.0708. The maximum Gasteiger partial charge on any atom is 0.321 e. The third kappa shape index (κ3) is 3.32. The van der Waals surface area contributed by atoms with E-state index < -0.39 is 6.10 Å². The second-order valence-electron chi connectivity index (χ2n) is 6.60. The zero-order chi connectivity index (χ0) is 18.1. The minimum atomic E-state index is -0.433. The fourth-order valence-corrected chi connectivity index (χ4v) is 4.75. The fraction of sp³-hybridized carbons (Fsp3) is 0.389. The topological polar surface area (TPSA) is 78.4 Å². The first kappa shape index (κ1) is 17.4. The summed E-state index contributed by atoms with van der Waals surface area (Å²) in [6.07, 6.45) is 1.17. The number of nitrogens with zero attached hydrogens (tertiary/aromatic N) is 3. The number of thiophene rings is 1. The number of hydrogen-bond acceptors (Lipinski definition) is 6. The molecule has 0 aliphatic carbocycles. The van der Waals surface area contributed by atoms with E-state index in [-0.39, 0.29) is 11.9 Å². The molecule has 1 aliphatic rings. The maximum absolute atomic E-state index is 12.7. The Balaban J connectivity index is 1.41. The smallest absolute Gasteiger partial charge is 0.321 e. The number of urea groups is 1. The monoisotopic (exact) mass is 388 g/mol. The summed E-state index contributed by atoms with van der Waals surface area (Å²) < 4.78 is 8.54. The van der Waals surface area contributed by atoms with Gasteiger partial charge in [-0.25, -0.2) is 4.79 Å². The normalized spacial score (nSPS) is 16.8. The van der Waals surface area contributed by atoms with Gasteiger partial charge in [-0.15, -0.1) is 11.3 Å². The number of aliphatic hydroxyl groups is 1. The number of anilines is 1. The van der Waals surface area contributed by atoms with Crippen molar-refractivity contribution >= 4 is 45.8 Å². The molecule has 0 bridgehead atoms. The van der Waals surface area contributed by atoms with E-state index in [1.807, 2.05) is 41.5 Å². The van der Waals surface area contributed by atoms with Crippen LogP contribution < -0.4 is 5.32 Å². The highest BCUT2D eigenvalue weighted by Gasteiger charge is 2.29. The van der Waals surface area contributed by atoms with Crippen molar-refractivity contribution < 1.29 is 9.90 Å². The molecule has 1 unspecified atom stereocenters. The summed E-state index contributed by atoms with van der Waals surface area (Å²) in [5.41, 5.74) is 3.25. The van der Waals surface area contributed by atoms with E-state index >= 15 is 0 Å². The molecule has 2 N–H and O–H groups in total. The Kier molecular flexibility index (Phi) is 4.88. The zero-order valence-corrected chi connectivity index (χ0v) is 16.0. The molecule has 0 radical (unpaired) electrons. The van der Waals surface area contributed by atoms with Crippen LogP contribution in [0.5, 0.6) is 0 Å². The van der Waals surface area contributed by atoms with Gasteiger partial charge >= 0.3 is 6.03 Å². The van der Waals surface area contributed by atoms with Crippen molar-refractivity contribution in [2.24, 2.45) is 5.92 Å². The van der Waals surface area contributed by atoms with Crippen LogP contribution in [0.4, 0.5) is 10.5 Å². The van der Waals surface area contributed by atoms with Gasteiger partial charge in [0.05, 0.1) is 23.5 Å². The molecule has 2 aromatic heterocycles. The Labute approximate surface area is 159 Å². The molecule has 6 nitrogen and oxygen atoms in total. The van der Waals surface area contributed by atoms with E-state index in [2.05, 4.69) is 14.1 Å². The summed E-state index contributed by atoms with van der Waals surface area (Å²) in [4.78, 5) is 15.5. The zero-order valence-electron chi connectivity index (χ0n) is 14.4. The molecule has 136 valence electrons. The molecule has 0 saturated carbocycles. The molecule has 1 aliphatic heterocycles. The summed E-state index contributed by atoms with van der Waals surface area (Å²) in [6.45, 7) is 3.24. The van der Waals surface area contributed by atoms with Crippen molar-refractivity contribution in [1.82, 2.24) is 13.6 Å². The number of fused-ring (bicyclic) bond motifs is 1. The molecule has 3 aromatic rings. The van der Waals surface area contributed by atoms with Gasteiger partial charge in [0, 0.05) is 18.0 Å². The quantitative estimate of drug-likeness (QED) is 0.710. The molecular weight excluding hydrogens is 368 g/mol. The van der Waals surface area contributed by atoms with Crippen LogP contribution in [0.15, 0.2) is 29.6 Å². The average molecular weight is 389 g/mol. The summed E-state index contributed by atoms with van der Waals surface area (Å²) in [6, 6.07) is 7.68. The van der Waals surface area contributed by atoms with Gasteiger partial charge in [-0.1, -0.05) is 12.1 Å². The Hall–Kier alpha value is -2.03. The van der Waals surface area contributed by atoms with Crippen LogP contribution in [0.2, 0.25) is 0 Å². The van der Waals surface area contributed by atoms with Gasteiger partial charge in [0.2, 0.25) is 0 Å². The first-order valence-corrected chi connectivity index (χ1v) is 10.2. The van der Waals surface area contributed by atoms with Crippen molar-refractivity contribution in [3.05, 3.63) is 40.1 Å². The SMILES string of the molecule is Cc1ccc2nsnc2c1NC(=O)N1CCC(C(O)c2cccs2)CC1. The van der Waals surface area contributed by atoms with Crippen molar-refractivity contribution in [1.29, 1.82) is 0 Å². The minimum absolute atomic E-state index is 0.113. The van der Waals surface area contributed by atoms with E-state index in [1.165, 1.54) is 0 Å². The number of amides is 2. The van der Waals surface area contributed by atoms with Gasteiger partial charge in [-0.2, -0.15) is 8.75 Å². The van der Waals surface area contributed by atoms with Gasteiger partial charge in [-0.05, 0) is 48.8 Å². The molecule has 26 heavy (non-hydrogen) atoms. The van der Waals surface area contributed by atoms with E-state index in [1.54, 1.807) is 11.3 Å². The van der Waals surface area contributed by atoms with Crippen molar-refractivity contribution in [3.8, 4) is 0 Å². The van der Waals surface area contributed by atoms with Gasteiger partial charge in [0.15, 0.2) is 0 Å². The average Bonchev–Trinajstić information content (AvgIpc) is 3.35. The van der Waals surface area contributed by atoms with Crippen LogP contribution in [0.1, 0.15) is 29.4 Å². The van der Waals surface area contributed by atoms with Crippen molar-refractivity contribution in [2.75, 3.05) is 18.4 Å². The second-order valence-corrected chi connectivity index (χ2v) is 8.11. The van der Waals surface area contributed by atoms with Crippen LogP contribution >= 0.6 is 23.1 Å². The van der Waals surface area contributed by atoms with Crippen LogP contribution in [-0.2, 0) is 0 Å². The van der Waals surface area contributed by atoms with Gasteiger partial charge in [0.25, 0.3) is 0 Å². The number of aromatic nitrogens is 2. The highest BCUT2D eigenvalue weighted by atomic mass is 32.1. The van der Waals surface area contributed by atoms with Crippen molar-refractivity contribution in [2.45, 2.75) is 25.9 Å². The molecule has 3 heterocycles. The molecular formula is C18H20N4O2S2. The van der Waals surface area contributed by atoms with Crippen LogP contribution in [-0.4, -0.2) is 37.9 Å². The number of piperidine rings is 1. The standard InChI is InChI=1S/C18H20N4O2S2/c1-11-4-5-13-16(21-26-20-13)15(11)19-18(24)22-8-6-12(7-9-22)17(23)14-3-2-10-25-14/h2-5,10,12,17,23H,6-9H2,1H3,(H,19,24). The first-order valence-electron chi connectivity index (χ1n) is 8.63. The summed E-state index contributed by atoms with van der Waals surface area (Å²) >= 11 is 2.73. The number of likely N-dealkylation sites (tertiary alicyclic amines) is 1. The number of aliphatic hydroxyl groups excluding tert-OH is 1. The number of hydrogen-bond donors (Lipinski definition) is 2. The van der Waals surface area contributed by atoms with Gasteiger partial charge in [0.1, 0.15) is 11.0 Å². The van der Waals surface area contributed by atoms with E-state index in [0.29, 0.717) is 13.1 Å². The number of rotatable bonds is 3. The molecule has 1 fully saturated rings. The van der Waals surface area contributed by atoms with E-state index in [0.717, 1.165) is 51.7 Å². The summed E-state index contributed by atoms with van der Waals surface area (Å²) in [5, 5.41) is 15.5. The first-order chi connectivity index (χ1) is 12.6. The van der Waals surface area contributed by atoms with E-state index in [9.17, 15) is 9.90 Å². The maximum atomic E-state index is 12.7. The molecule has 1 saturated heterocycles. The Morgan fingerprint density at radius 2 is 2.12 bits per heavy atom. The fourth-order valence-electron chi connectivity index (χ4n) is 3.41. The predicted octanol–water partition coefficient (Wildman–Crippen LogP) is 4.04. The minimum Gasteiger partial charge on any atom is -0.387 e. The molecule has 1 atom stereocenters. The molecule has 0 spiro atoms. The highest BCUT2D eigenvalue weighted by molar-refractivity contribution is 7.10. The summed E-state index contributed by atoms with van der Waals surface area (Å²) in [7, 11) is 0. The number of benzene rings is 1. The van der Waals surface area contributed by atoms with E-state index in [4.69, 9.17) is 0 Å². The second kappa shape index (κ2) is 7.30. The van der Waals surface area contributed by atoms with Crippen LogP contribution in [0, 0.1) is 12.8 Å². The molecule has 8 heteroatoms. The number of carbonyl (C=O) groups excluding carboxylic acids is 1.